The normalized spacial score (nSPS) is 11.2. The molecule has 0 unspecified atom stereocenters. The molecule has 12 heteroatoms. The number of hydrogen-bond acceptors (Lipinski definition) is 6. The van der Waals surface area contributed by atoms with Gasteiger partial charge in [-0.2, -0.15) is 19.3 Å². The summed E-state index contributed by atoms with van der Waals surface area (Å²) < 4.78 is 4.41. The molecule has 9 aromatic rings. The molecule has 0 fully saturated rings. The quantitative estimate of drug-likeness (QED) is 0.0933. The largest absolute Gasteiger partial charge is 1.00 e. The maximum atomic E-state index is 13.2. The summed E-state index contributed by atoms with van der Waals surface area (Å²) in [6, 6.07) is 51.6. The predicted molar refractivity (Wildman–Crippen MR) is 227 cm³/mol. The van der Waals surface area contributed by atoms with Crippen LogP contribution in [0.2, 0.25) is 0 Å². The molecule has 10 nitrogen and oxygen atoms in total. The van der Waals surface area contributed by atoms with Gasteiger partial charge in [-0.1, -0.05) is 84.9 Å². The number of pyridine rings is 4. The van der Waals surface area contributed by atoms with Crippen molar-refractivity contribution in [1.29, 1.82) is 0 Å². The van der Waals surface area contributed by atoms with Gasteiger partial charge in [-0.05, 0) is 59.7 Å². The van der Waals surface area contributed by atoms with Crippen LogP contribution in [0.15, 0.2) is 180 Å². The smallest absolute Gasteiger partial charge is 0.289 e. The molecule has 0 atom stereocenters. The summed E-state index contributed by atoms with van der Waals surface area (Å²) in [7, 11) is 0. The van der Waals surface area contributed by atoms with Crippen molar-refractivity contribution < 1.29 is 52.7 Å². The van der Waals surface area contributed by atoms with E-state index in [1.54, 1.807) is 36.7 Å². The van der Waals surface area contributed by atoms with E-state index in [2.05, 4.69) is 101 Å². The predicted octanol–water partition coefficient (Wildman–Crippen LogP) is 1.30. The molecule has 4 aromatic heterocycles. The Morgan fingerprint density at radius 1 is 0.483 bits per heavy atom. The third-order valence-corrected chi connectivity index (χ3v) is 9.94. The van der Waals surface area contributed by atoms with Gasteiger partial charge in [0.25, 0.3) is 11.8 Å². The van der Waals surface area contributed by atoms with Crippen LogP contribution in [-0.2, 0) is 13.1 Å². The van der Waals surface area contributed by atoms with Gasteiger partial charge >= 0.3 is 0 Å². The van der Waals surface area contributed by atoms with Gasteiger partial charge < -0.3 is 34.0 Å². The van der Waals surface area contributed by atoms with E-state index in [0.29, 0.717) is 11.0 Å². The molecule has 0 spiro atoms. The number of rotatable bonds is 10. The van der Waals surface area contributed by atoms with E-state index in [0.717, 1.165) is 56.8 Å². The molecular formula is C48H36Br2N8O2. The Morgan fingerprint density at radius 3 is 1.33 bits per heavy atom. The van der Waals surface area contributed by atoms with Crippen LogP contribution in [0.3, 0.4) is 0 Å². The van der Waals surface area contributed by atoms with Gasteiger partial charge in [-0.15, -0.1) is 0 Å². The number of halogens is 2. The Labute approximate surface area is 366 Å². The van der Waals surface area contributed by atoms with Gasteiger partial charge in [0.15, 0.2) is 25.5 Å². The third-order valence-electron chi connectivity index (χ3n) is 9.94. The highest BCUT2D eigenvalue weighted by Crippen LogP contribution is 2.23. The molecule has 2 N–H and O–H groups in total. The second-order valence-electron chi connectivity index (χ2n) is 13.9. The van der Waals surface area contributed by atoms with E-state index in [-0.39, 0.29) is 45.4 Å². The summed E-state index contributed by atoms with van der Waals surface area (Å²) in [6.45, 7) is 1.52. The number of carbonyl (C=O) groups is 2. The fraction of sp³-hybridized carbons (Fsp3) is 0.0417. The van der Waals surface area contributed by atoms with Crippen molar-refractivity contribution in [3.63, 3.8) is 0 Å². The van der Waals surface area contributed by atoms with Crippen LogP contribution in [0.25, 0.3) is 43.6 Å². The highest BCUT2D eigenvalue weighted by atomic mass is 79.9. The number of aromatic nitrogens is 4. The van der Waals surface area contributed by atoms with Gasteiger partial charge in [0, 0.05) is 56.9 Å². The summed E-state index contributed by atoms with van der Waals surface area (Å²) in [5.41, 5.74) is 12.8. The minimum atomic E-state index is -0.473. The lowest BCUT2D eigenvalue weighted by Gasteiger charge is -2.07. The molecule has 5 aromatic carbocycles. The summed E-state index contributed by atoms with van der Waals surface area (Å²) >= 11 is 0. The second kappa shape index (κ2) is 18.7. The first-order valence-electron chi connectivity index (χ1n) is 18.8. The maximum absolute atomic E-state index is 13.2. The van der Waals surface area contributed by atoms with E-state index in [9.17, 15) is 9.59 Å². The fourth-order valence-electron chi connectivity index (χ4n) is 7.06. The molecule has 9 rings (SSSR count). The zero-order chi connectivity index (χ0) is 39.3. The van der Waals surface area contributed by atoms with E-state index in [4.69, 9.17) is 0 Å². The number of hydrogen-bond donors (Lipinski definition) is 2. The number of nitrogens with zero attached hydrogens (tertiary/aromatic N) is 6. The van der Waals surface area contributed by atoms with Crippen molar-refractivity contribution >= 4 is 67.9 Å². The molecule has 0 saturated heterocycles. The average Bonchev–Trinajstić information content (AvgIpc) is 3.26. The monoisotopic (exact) mass is 914 g/mol. The van der Waals surface area contributed by atoms with E-state index >= 15 is 0 Å². The standard InChI is InChI=1S/C48H34N8O2.2BrH/c57-47(53-49-29-35-15-23-43-39(27-35)13-7-25-55(43)31-33-9-3-1-4-10-33)41-21-19-37-17-18-38-20-22-42(52-46(38)45(37)51-41)48(58)54-50-30-36-16-24-44-40(28-36)14-8-26-56(44)32-34-11-5-2-6-12-34;;/h1-30H,31-32H2;2*1H. The van der Waals surface area contributed by atoms with E-state index < -0.39 is 11.8 Å². The molecule has 0 aliphatic rings. The maximum Gasteiger partial charge on any atom is 0.289 e. The van der Waals surface area contributed by atoms with Crippen LogP contribution in [0, 0.1) is 0 Å². The summed E-state index contributed by atoms with van der Waals surface area (Å²) in [6.07, 6.45) is 7.36. The first-order chi connectivity index (χ1) is 28.5. The number of hydrazone groups is 2. The van der Waals surface area contributed by atoms with Gasteiger partial charge in [-0.25, -0.2) is 20.8 Å². The minimum absolute atomic E-state index is 0. The first-order valence-corrected chi connectivity index (χ1v) is 18.8. The van der Waals surface area contributed by atoms with Crippen LogP contribution >= 0.6 is 0 Å². The van der Waals surface area contributed by atoms with Crippen LogP contribution in [-0.4, -0.2) is 34.2 Å². The Bertz CT molecular complexity index is 2860. The second-order valence-corrected chi connectivity index (χ2v) is 13.9. The molecule has 2 amide bonds. The van der Waals surface area contributed by atoms with Crippen LogP contribution < -0.4 is 53.9 Å². The van der Waals surface area contributed by atoms with Crippen molar-refractivity contribution in [2.75, 3.05) is 0 Å². The van der Waals surface area contributed by atoms with Gasteiger partial charge in [0.1, 0.15) is 11.4 Å². The summed E-state index contributed by atoms with van der Waals surface area (Å²) in [5, 5.41) is 12.1. The molecule has 60 heavy (non-hydrogen) atoms. The number of carbonyl (C=O) groups excluding carboxylic acids is 2. The van der Waals surface area contributed by atoms with Crippen molar-refractivity contribution in [2.45, 2.75) is 13.1 Å². The van der Waals surface area contributed by atoms with Crippen LogP contribution in [0.4, 0.5) is 0 Å². The molecule has 0 aliphatic carbocycles. The van der Waals surface area contributed by atoms with Crippen molar-refractivity contribution in [3.8, 4) is 0 Å². The molecule has 0 radical (unpaired) electrons. The Kier molecular flexibility index (Phi) is 12.8. The minimum Gasteiger partial charge on any atom is -1.00 e. The van der Waals surface area contributed by atoms with Crippen LogP contribution in [0.5, 0.6) is 0 Å². The Hall–Kier alpha value is -7.02. The number of benzene rings is 5. The Balaban J connectivity index is 0.00000272. The number of amides is 2. The average molecular weight is 917 g/mol. The molecule has 0 bridgehead atoms. The van der Waals surface area contributed by atoms with E-state index in [1.165, 1.54) is 11.1 Å². The Morgan fingerprint density at radius 2 is 0.900 bits per heavy atom. The van der Waals surface area contributed by atoms with Crippen molar-refractivity contribution in [1.82, 2.24) is 20.8 Å². The molecule has 294 valence electrons. The molecule has 0 aliphatic heterocycles. The summed E-state index contributed by atoms with van der Waals surface area (Å²) in [4.78, 5) is 35.8. The van der Waals surface area contributed by atoms with Crippen molar-refractivity contribution in [3.05, 3.63) is 204 Å². The lowest BCUT2D eigenvalue weighted by Crippen LogP contribution is -3.00. The van der Waals surface area contributed by atoms with Gasteiger partial charge in [-0.3, -0.25) is 9.59 Å². The zero-order valence-corrected chi connectivity index (χ0v) is 35.2. The van der Waals surface area contributed by atoms with Crippen LogP contribution in [0.1, 0.15) is 43.2 Å². The number of nitrogens with one attached hydrogen (secondary N) is 2. The molecular weight excluding hydrogens is 880 g/mol. The molecule has 4 heterocycles. The lowest BCUT2D eigenvalue weighted by molar-refractivity contribution is -0.662. The van der Waals surface area contributed by atoms with E-state index in [1.807, 2.05) is 84.9 Å². The van der Waals surface area contributed by atoms with Gasteiger partial charge in [0.2, 0.25) is 11.0 Å². The molecule has 0 saturated carbocycles. The van der Waals surface area contributed by atoms with Crippen molar-refractivity contribution in [2.24, 2.45) is 10.2 Å². The fourth-order valence-corrected chi connectivity index (χ4v) is 7.06. The topological polar surface area (TPSA) is 116 Å². The summed E-state index contributed by atoms with van der Waals surface area (Å²) in [5.74, 6) is -0.945. The zero-order valence-electron chi connectivity index (χ0n) is 32.0. The third kappa shape index (κ3) is 9.15. The van der Waals surface area contributed by atoms with Gasteiger partial charge in [0.05, 0.1) is 23.5 Å². The first kappa shape index (κ1) is 41.2. The highest BCUT2D eigenvalue weighted by Gasteiger charge is 2.15. The number of fused-ring (bicyclic) bond motifs is 5. The lowest BCUT2D eigenvalue weighted by atomic mass is 10.1. The SMILES string of the molecule is O=C(NN=Cc1ccc2c(ccc[n+]2Cc2ccccc2)c1)c1ccc2ccc3ccc(C(=O)NN=Cc4ccc5c(ccc[n+]5Cc5ccccc5)c4)nc3c2n1.[Br-].[Br-]. The highest BCUT2D eigenvalue weighted by molar-refractivity contribution is 6.06.